The van der Waals surface area contributed by atoms with Crippen molar-refractivity contribution in [3.05, 3.63) is 29.3 Å². The molecule has 4 heteroatoms. The molecule has 3 aliphatic rings. The van der Waals surface area contributed by atoms with Gasteiger partial charge in [-0.1, -0.05) is 129 Å². The minimum absolute atomic E-state index is 0.283. The lowest BCUT2D eigenvalue weighted by Crippen LogP contribution is -2.46. The molecule has 4 nitrogen and oxygen atoms in total. The molecule has 4 rings (SSSR count). The van der Waals surface area contributed by atoms with Gasteiger partial charge in [-0.25, -0.2) is 0 Å². The SMILES string of the molecule is CCCCCCCCCCCCCCCCCCN1CCN(c2ccc3c(c2)C(=O)N(C2CCCCC2)C3)CC1. The number of anilines is 1. The molecule has 1 amide bonds. The number of fused-ring (bicyclic) bond motifs is 1. The molecule has 0 bridgehead atoms. The molecule has 40 heavy (non-hydrogen) atoms. The van der Waals surface area contributed by atoms with E-state index in [0.717, 1.165) is 38.3 Å². The van der Waals surface area contributed by atoms with Crippen LogP contribution in [0.1, 0.15) is 158 Å². The summed E-state index contributed by atoms with van der Waals surface area (Å²) >= 11 is 0. The Hall–Kier alpha value is -1.55. The third-order valence-corrected chi connectivity index (χ3v) is 10.0. The maximum Gasteiger partial charge on any atom is 0.254 e. The number of carbonyl (C=O) groups is 1. The molecule has 1 aromatic carbocycles. The number of unbranched alkanes of at least 4 members (excludes halogenated alkanes) is 15. The summed E-state index contributed by atoms with van der Waals surface area (Å²) in [7, 11) is 0. The summed E-state index contributed by atoms with van der Waals surface area (Å²) in [5.41, 5.74) is 3.46. The van der Waals surface area contributed by atoms with Crippen LogP contribution in [0.4, 0.5) is 5.69 Å². The van der Waals surface area contributed by atoms with E-state index in [1.165, 1.54) is 153 Å². The van der Waals surface area contributed by atoms with E-state index in [-0.39, 0.29) is 5.91 Å². The average Bonchev–Trinajstić information content (AvgIpc) is 3.33. The zero-order valence-corrected chi connectivity index (χ0v) is 26.2. The molecule has 2 aliphatic heterocycles. The second-order valence-electron chi connectivity index (χ2n) is 13.2. The van der Waals surface area contributed by atoms with Crippen molar-refractivity contribution in [1.29, 1.82) is 0 Å². The van der Waals surface area contributed by atoms with E-state index in [1.54, 1.807) is 0 Å². The highest BCUT2D eigenvalue weighted by atomic mass is 16.2. The van der Waals surface area contributed by atoms with Gasteiger partial charge in [0.2, 0.25) is 0 Å². The molecule has 0 N–H and O–H groups in total. The van der Waals surface area contributed by atoms with Gasteiger partial charge in [-0.15, -0.1) is 0 Å². The van der Waals surface area contributed by atoms with Crippen LogP contribution in [0.5, 0.6) is 0 Å². The highest BCUT2D eigenvalue weighted by Crippen LogP contribution is 2.33. The quantitative estimate of drug-likeness (QED) is 0.160. The number of hydrogen-bond donors (Lipinski definition) is 0. The molecule has 0 unspecified atom stereocenters. The van der Waals surface area contributed by atoms with Gasteiger partial charge in [-0.2, -0.15) is 0 Å². The molecular formula is C36H61N3O. The van der Waals surface area contributed by atoms with E-state index in [1.807, 2.05) is 0 Å². The van der Waals surface area contributed by atoms with Crippen molar-refractivity contribution in [1.82, 2.24) is 9.80 Å². The number of nitrogens with zero attached hydrogens (tertiary/aromatic N) is 3. The lowest BCUT2D eigenvalue weighted by molar-refractivity contribution is 0.0660. The number of rotatable bonds is 19. The Morgan fingerprint density at radius 3 is 1.80 bits per heavy atom. The molecule has 2 heterocycles. The van der Waals surface area contributed by atoms with Gasteiger partial charge in [0, 0.05) is 50.0 Å². The van der Waals surface area contributed by atoms with Gasteiger partial charge >= 0.3 is 0 Å². The highest BCUT2D eigenvalue weighted by molar-refractivity contribution is 5.99. The first-order valence-corrected chi connectivity index (χ1v) is 17.7. The maximum atomic E-state index is 13.2. The molecule has 0 atom stereocenters. The number of benzene rings is 1. The van der Waals surface area contributed by atoms with Crippen LogP contribution in [0.2, 0.25) is 0 Å². The van der Waals surface area contributed by atoms with Crippen molar-refractivity contribution in [3.8, 4) is 0 Å². The summed E-state index contributed by atoms with van der Waals surface area (Å²) in [6, 6.07) is 7.16. The second kappa shape index (κ2) is 18.1. The molecule has 1 aliphatic carbocycles. The van der Waals surface area contributed by atoms with E-state index in [9.17, 15) is 4.79 Å². The second-order valence-corrected chi connectivity index (χ2v) is 13.2. The van der Waals surface area contributed by atoms with Crippen molar-refractivity contribution in [2.75, 3.05) is 37.6 Å². The van der Waals surface area contributed by atoms with Crippen molar-refractivity contribution in [2.24, 2.45) is 0 Å². The first kappa shape index (κ1) is 31.4. The Morgan fingerprint density at radius 2 is 1.23 bits per heavy atom. The molecule has 2 fully saturated rings. The molecule has 1 saturated carbocycles. The first-order chi connectivity index (χ1) is 19.8. The third kappa shape index (κ3) is 10.1. The fraction of sp³-hybridized carbons (Fsp3) is 0.806. The highest BCUT2D eigenvalue weighted by Gasteiger charge is 2.33. The van der Waals surface area contributed by atoms with Crippen molar-refractivity contribution in [2.45, 2.75) is 154 Å². The van der Waals surface area contributed by atoms with Crippen molar-refractivity contribution >= 4 is 11.6 Å². The molecule has 1 saturated heterocycles. The van der Waals surface area contributed by atoms with E-state index >= 15 is 0 Å². The molecular weight excluding hydrogens is 490 g/mol. The zero-order valence-electron chi connectivity index (χ0n) is 26.2. The predicted molar refractivity (Wildman–Crippen MR) is 171 cm³/mol. The van der Waals surface area contributed by atoms with E-state index < -0.39 is 0 Å². The lowest BCUT2D eigenvalue weighted by Gasteiger charge is -2.36. The summed E-state index contributed by atoms with van der Waals surface area (Å²) in [6.45, 7) is 8.85. The number of piperazine rings is 1. The Kier molecular flexibility index (Phi) is 14.2. The fourth-order valence-corrected chi connectivity index (χ4v) is 7.31. The monoisotopic (exact) mass is 551 g/mol. The number of amides is 1. The van der Waals surface area contributed by atoms with E-state index in [0.29, 0.717) is 6.04 Å². The predicted octanol–water partition coefficient (Wildman–Crippen LogP) is 9.36. The Balaban J connectivity index is 0.997. The number of hydrogen-bond acceptors (Lipinski definition) is 3. The van der Waals surface area contributed by atoms with Crippen LogP contribution >= 0.6 is 0 Å². The zero-order chi connectivity index (χ0) is 27.8. The van der Waals surface area contributed by atoms with Crippen LogP contribution < -0.4 is 4.90 Å². The van der Waals surface area contributed by atoms with Crippen LogP contribution in [0, 0.1) is 0 Å². The van der Waals surface area contributed by atoms with Gasteiger partial charge in [-0.3, -0.25) is 9.69 Å². The van der Waals surface area contributed by atoms with Gasteiger partial charge in [-0.05, 0) is 43.5 Å². The van der Waals surface area contributed by atoms with Crippen LogP contribution in [0.25, 0.3) is 0 Å². The van der Waals surface area contributed by atoms with E-state index in [4.69, 9.17) is 0 Å². The molecule has 226 valence electrons. The Bertz CT molecular complexity index is 840. The largest absolute Gasteiger partial charge is 0.369 e. The minimum Gasteiger partial charge on any atom is -0.369 e. The molecule has 0 spiro atoms. The third-order valence-electron chi connectivity index (χ3n) is 10.0. The van der Waals surface area contributed by atoms with Gasteiger partial charge < -0.3 is 9.80 Å². The smallest absolute Gasteiger partial charge is 0.254 e. The van der Waals surface area contributed by atoms with Gasteiger partial charge in [0.1, 0.15) is 0 Å². The minimum atomic E-state index is 0.283. The van der Waals surface area contributed by atoms with Gasteiger partial charge in [0.25, 0.3) is 5.91 Å². The molecule has 0 radical (unpaired) electrons. The van der Waals surface area contributed by atoms with Gasteiger partial charge in [0.05, 0.1) is 0 Å². The first-order valence-electron chi connectivity index (χ1n) is 17.7. The van der Waals surface area contributed by atoms with Crippen LogP contribution in [0.15, 0.2) is 18.2 Å². The van der Waals surface area contributed by atoms with Gasteiger partial charge in [0.15, 0.2) is 0 Å². The summed E-state index contributed by atoms with van der Waals surface area (Å²) in [4.78, 5) is 20.5. The Labute approximate surface area is 247 Å². The molecule has 0 aromatic heterocycles. The Morgan fingerprint density at radius 1 is 0.675 bits per heavy atom. The summed E-state index contributed by atoms with van der Waals surface area (Å²) < 4.78 is 0. The topological polar surface area (TPSA) is 26.8 Å². The summed E-state index contributed by atoms with van der Waals surface area (Å²) in [5, 5.41) is 0. The number of carbonyl (C=O) groups excluding carboxylic acids is 1. The van der Waals surface area contributed by atoms with Crippen LogP contribution in [-0.2, 0) is 6.54 Å². The summed E-state index contributed by atoms with van der Waals surface area (Å²) in [6.07, 6.45) is 29.2. The van der Waals surface area contributed by atoms with E-state index in [2.05, 4.69) is 39.8 Å². The molecule has 1 aromatic rings. The average molecular weight is 552 g/mol. The maximum absolute atomic E-state index is 13.2. The van der Waals surface area contributed by atoms with Crippen LogP contribution in [0.3, 0.4) is 0 Å². The standard InChI is InChI=1S/C36H61N3O/c1-2-3-4-5-6-7-8-9-10-11-12-13-14-15-16-20-25-37-26-28-38(29-27-37)34-24-23-32-31-39(36(40)35(32)30-34)33-21-18-17-19-22-33/h23-24,30,33H,2-22,25-29,31H2,1H3. The van der Waals surface area contributed by atoms with Crippen LogP contribution in [-0.4, -0.2) is 54.5 Å². The fourth-order valence-electron chi connectivity index (χ4n) is 7.31. The van der Waals surface area contributed by atoms with Crippen molar-refractivity contribution in [3.63, 3.8) is 0 Å². The lowest BCUT2D eigenvalue weighted by atomic mass is 9.94. The van der Waals surface area contributed by atoms with Crippen molar-refractivity contribution < 1.29 is 4.79 Å². The normalized spacial score (nSPS) is 18.6. The summed E-state index contributed by atoms with van der Waals surface area (Å²) in [5.74, 6) is 0.283.